The van der Waals surface area contributed by atoms with Crippen LogP contribution in [-0.4, -0.2) is 20.3 Å². The lowest BCUT2D eigenvalue weighted by Crippen LogP contribution is -2.48. The molecule has 1 saturated heterocycles. The number of hydrogen-bond acceptors (Lipinski definition) is 2. The molecule has 0 aromatic carbocycles. The zero-order valence-electron chi connectivity index (χ0n) is 23.7. The van der Waals surface area contributed by atoms with Crippen LogP contribution in [0.1, 0.15) is 169 Å². The third-order valence-corrected chi connectivity index (χ3v) is 7.84. The minimum Gasteiger partial charge on any atom is -0.410 e. The largest absolute Gasteiger partial charge is 0.463 e. The van der Waals surface area contributed by atoms with Crippen LogP contribution < -0.4 is 0 Å². The summed E-state index contributed by atoms with van der Waals surface area (Å²) in [5.74, 6) is 0. The molecule has 196 valence electrons. The quantitative estimate of drug-likeness (QED) is 0.117. The summed E-state index contributed by atoms with van der Waals surface area (Å²) >= 11 is 0. The highest BCUT2D eigenvalue weighted by atomic mass is 16.6. The molecule has 1 aliphatic rings. The average molecular weight is 465 g/mol. The van der Waals surface area contributed by atoms with Crippen molar-refractivity contribution in [3.05, 3.63) is 0 Å². The van der Waals surface area contributed by atoms with E-state index in [0.29, 0.717) is 0 Å². The average Bonchev–Trinajstić information content (AvgIpc) is 2.80. The molecule has 33 heavy (non-hydrogen) atoms. The maximum Gasteiger partial charge on any atom is 0.463 e. The van der Waals surface area contributed by atoms with Crippen molar-refractivity contribution in [3.63, 3.8) is 0 Å². The van der Waals surface area contributed by atoms with Gasteiger partial charge in [0.1, 0.15) is 0 Å². The van der Waals surface area contributed by atoms with Gasteiger partial charge in [0.2, 0.25) is 0 Å². The standard InChI is InChI=1S/C30H61BO2/c1-6-9-12-15-18-21-24-30(25-22-19-16-13-10-7-2,26-23-20-17-14-11-8-3)31-32-27-29(4,5)28-33-31/h6-28H2,1-5H3. The van der Waals surface area contributed by atoms with E-state index in [2.05, 4.69) is 34.6 Å². The highest BCUT2D eigenvalue weighted by Crippen LogP contribution is 2.49. The SMILES string of the molecule is CCCCCCCCC(CCCCCCCC)(CCCCCCCC)B1OCC(C)(C)CO1. The Morgan fingerprint density at radius 1 is 0.515 bits per heavy atom. The predicted octanol–water partition coefficient (Wildman–Crippen LogP) is 10.5. The summed E-state index contributed by atoms with van der Waals surface area (Å²) in [7, 11) is 0.0208. The molecule has 0 aromatic rings. The molecule has 2 nitrogen and oxygen atoms in total. The fourth-order valence-electron chi connectivity index (χ4n) is 5.55. The van der Waals surface area contributed by atoms with Gasteiger partial charge in [-0.25, -0.2) is 0 Å². The summed E-state index contributed by atoms with van der Waals surface area (Å²) in [6, 6.07) is 0. The molecule has 0 saturated carbocycles. The number of rotatable bonds is 22. The summed E-state index contributed by atoms with van der Waals surface area (Å²) in [5.41, 5.74) is 0.155. The van der Waals surface area contributed by atoms with Crippen LogP contribution in [0.5, 0.6) is 0 Å². The first-order chi connectivity index (χ1) is 16.0. The van der Waals surface area contributed by atoms with Gasteiger partial charge >= 0.3 is 7.12 Å². The van der Waals surface area contributed by atoms with Crippen molar-refractivity contribution in [1.82, 2.24) is 0 Å². The van der Waals surface area contributed by atoms with Gasteiger partial charge in [0.05, 0.1) is 0 Å². The van der Waals surface area contributed by atoms with Gasteiger partial charge in [-0.05, 0) is 19.3 Å². The van der Waals surface area contributed by atoms with Crippen molar-refractivity contribution >= 4 is 7.12 Å². The summed E-state index contributed by atoms with van der Waals surface area (Å²) in [6.07, 6.45) is 28.7. The van der Waals surface area contributed by atoms with E-state index < -0.39 is 0 Å². The molecule has 1 aliphatic heterocycles. The molecule has 0 bridgehead atoms. The maximum absolute atomic E-state index is 6.52. The number of unbranched alkanes of at least 4 members (excludes halogenated alkanes) is 15. The van der Waals surface area contributed by atoms with Gasteiger partial charge in [0.25, 0.3) is 0 Å². The third-order valence-electron chi connectivity index (χ3n) is 7.84. The van der Waals surface area contributed by atoms with Gasteiger partial charge in [-0.1, -0.05) is 150 Å². The molecule has 1 fully saturated rings. The van der Waals surface area contributed by atoms with Crippen LogP contribution in [0.25, 0.3) is 0 Å². The van der Waals surface area contributed by atoms with E-state index >= 15 is 0 Å². The van der Waals surface area contributed by atoms with Crippen molar-refractivity contribution in [1.29, 1.82) is 0 Å². The molecule has 0 aromatic heterocycles. The number of hydrogen-bond donors (Lipinski definition) is 0. The highest BCUT2D eigenvalue weighted by Gasteiger charge is 2.48. The first kappa shape index (κ1) is 31.0. The minimum atomic E-state index is 0.0208. The van der Waals surface area contributed by atoms with Gasteiger partial charge in [-0.15, -0.1) is 0 Å². The Bertz CT molecular complexity index is 386. The molecule has 0 amide bonds. The molecule has 0 radical (unpaired) electrons. The van der Waals surface area contributed by atoms with Crippen LogP contribution >= 0.6 is 0 Å². The van der Waals surface area contributed by atoms with Gasteiger partial charge in [-0.2, -0.15) is 0 Å². The molecule has 1 heterocycles. The fraction of sp³-hybridized carbons (Fsp3) is 1.00. The zero-order chi connectivity index (χ0) is 24.3. The van der Waals surface area contributed by atoms with Gasteiger partial charge in [0, 0.05) is 23.9 Å². The van der Waals surface area contributed by atoms with Gasteiger partial charge in [-0.3, -0.25) is 0 Å². The van der Waals surface area contributed by atoms with E-state index in [9.17, 15) is 0 Å². The Kier molecular flexibility index (Phi) is 18.1. The van der Waals surface area contributed by atoms with Crippen LogP contribution in [0.3, 0.4) is 0 Å². The van der Waals surface area contributed by atoms with Gasteiger partial charge in [0.15, 0.2) is 0 Å². The van der Waals surface area contributed by atoms with Crippen LogP contribution in [0.15, 0.2) is 0 Å². The molecule has 0 atom stereocenters. The molecule has 1 rings (SSSR count). The third kappa shape index (κ3) is 14.2. The Morgan fingerprint density at radius 3 is 1.15 bits per heavy atom. The van der Waals surface area contributed by atoms with E-state index in [1.54, 1.807) is 0 Å². The summed E-state index contributed by atoms with van der Waals surface area (Å²) in [6.45, 7) is 13.2. The van der Waals surface area contributed by atoms with E-state index in [1.807, 2.05) is 0 Å². The second-order valence-electron chi connectivity index (χ2n) is 12.0. The minimum absolute atomic E-state index is 0.0208. The van der Waals surface area contributed by atoms with E-state index in [4.69, 9.17) is 9.31 Å². The van der Waals surface area contributed by atoms with Crippen LogP contribution in [0.4, 0.5) is 0 Å². The van der Waals surface area contributed by atoms with E-state index in [0.717, 1.165) is 13.2 Å². The lowest BCUT2D eigenvalue weighted by atomic mass is 9.50. The maximum atomic E-state index is 6.52. The van der Waals surface area contributed by atoms with Crippen molar-refractivity contribution < 1.29 is 9.31 Å². The molecule has 0 unspecified atom stereocenters. The Morgan fingerprint density at radius 2 is 0.818 bits per heavy atom. The molecule has 3 heteroatoms. The normalized spacial score (nSPS) is 16.5. The Labute approximate surface area is 209 Å². The van der Waals surface area contributed by atoms with Gasteiger partial charge < -0.3 is 9.31 Å². The second kappa shape index (κ2) is 19.2. The summed E-state index contributed by atoms with van der Waals surface area (Å²) in [5, 5.41) is 0.233. The first-order valence-electron chi connectivity index (χ1n) is 15.2. The lowest BCUT2D eigenvalue weighted by molar-refractivity contribution is 0.0128. The van der Waals surface area contributed by atoms with Crippen molar-refractivity contribution in [2.24, 2.45) is 5.41 Å². The fourth-order valence-corrected chi connectivity index (χ4v) is 5.55. The second-order valence-corrected chi connectivity index (χ2v) is 12.0. The topological polar surface area (TPSA) is 18.5 Å². The van der Waals surface area contributed by atoms with Crippen molar-refractivity contribution in [3.8, 4) is 0 Å². The molecular weight excluding hydrogens is 403 g/mol. The molecule has 0 spiro atoms. The smallest absolute Gasteiger partial charge is 0.410 e. The monoisotopic (exact) mass is 464 g/mol. The van der Waals surface area contributed by atoms with E-state index in [-0.39, 0.29) is 17.8 Å². The zero-order valence-corrected chi connectivity index (χ0v) is 23.7. The Hall–Kier alpha value is -0.0151. The first-order valence-corrected chi connectivity index (χ1v) is 15.2. The molecule has 0 N–H and O–H groups in total. The lowest BCUT2D eigenvalue weighted by Gasteiger charge is -2.43. The van der Waals surface area contributed by atoms with Crippen molar-refractivity contribution in [2.45, 2.75) is 175 Å². The summed E-state index contributed by atoms with van der Waals surface area (Å²) in [4.78, 5) is 0. The molecule has 0 aliphatic carbocycles. The highest BCUT2D eigenvalue weighted by molar-refractivity contribution is 6.48. The van der Waals surface area contributed by atoms with Crippen LogP contribution in [0, 0.1) is 5.41 Å². The Balaban J connectivity index is 2.74. The molecular formula is C30H61BO2. The summed E-state index contributed by atoms with van der Waals surface area (Å²) < 4.78 is 13.0. The van der Waals surface area contributed by atoms with Crippen LogP contribution in [-0.2, 0) is 9.31 Å². The predicted molar refractivity (Wildman–Crippen MR) is 148 cm³/mol. The van der Waals surface area contributed by atoms with Crippen LogP contribution in [0.2, 0.25) is 5.31 Å². The van der Waals surface area contributed by atoms with Crippen molar-refractivity contribution in [2.75, 3.05) is 13.2 Å². The van der Waals surface area contributed by atoms with E-state index in [1.165, 1.54) is 135 Å².